The third-order valence-electron chi connectivity index (χ3n) is 4.06. The molecule has 2 N–H and O–H groups in total. The Hall–Kier alpha value is -0.120. The van der Waals surface area contributed by atoms with Crippen LogP contribution in [0.1, 0.15) is 60.3 Å². The molecule has 19 heavy (non-hydrogen) atoms. The molecule has 0 saturated heterocycles. The van der Waals surface area contributed by atoms with Crippen molar-refractivity contribution in [1.82, 2.24) is 10.2 Å². The average Bonchev–Trinajstić information content (AvgIpc) is 2.26. The van der Waals surface area contributed by atoms with Crippen LogP contribution in [0.2, 0.25) is 0 Å². The molecule has 0 aromatic carbocycles. The lowest BCUT2D eigenvalue weighted by atomic mass is 9.78. The Labute approximate surface area is 119 Å². The lowest BCUT2D eigenvalue weighted by molar-refractivity contribution is 0.0526. The van der Waals surface area contributed by atoms with Crippen molar-refractivity contribution in [1.29, 1.82) is 0 Å². The second-order valence-corrected chi connectivity index (χ2v) is 7.96. The first kappa shape index (κ1) is 16.9. The maximum Gasteiger partial charge on any atom is 0.0613 e. The van der Waals surface area contributed by atoms with Crippen LogP contribution in [0.15, 0.2) is 0 Å². The zero-order chi connectivity index (χ0) is 14.7. The highest BCUT2D eigenvalue weighted by Crippen LogP contribution is 2.32. The summed E-state index contributed by atoms with van der Waals surface area (Å²) in [6.07, 6.45) is 4.63. The summed E-state index contributed by atoms with van der Waals surface area (Å²) in [6, 6.07) is 1.02. The fourth-order valence-corrected chi connectivity index (χ4v) is 3.52. The Morgan fingerprint density at radius 1 is 1.37 bits per heavy atom. The Balaban J connectivity index is 2.66. The van der Waals surface area contributed by atoms with E-state index in [0.29, 0.717) is 17.5 Å². The summed E-state index contributed by atoms with van der Waals surface area (Å²) in [6.45, 7) is 12.6. The predicted molar refractivity (Wildman–Crippen MR) is 82.4 cm³/mol. The van der Waals surface area contributed by atoms with E-state index in [4.69, 9.17) is 0 Å². The fourth-order valence-electron chi connectivity index (χ4n) is 3.52. The summed E-state index contributed by atoms with van der Waals surface area (Å²) >= 11 is 0. The van der Waals surface area contributed by atoms with Crippen molar-refractivity contribution in [3.05, 3.63) is 0 Å². The highest BCUT2D eigenvalue weighted by atomic mass is 16.3. The molecule has 0 radical (unpaired) electrons. The van der Waals surface area contributed by atoms with Crippen molar-refractivity contribution >= 4 is 0 Å². The number of aliphatic hydroxyl groups excluding tert-OH is 1. The van der Waals surface area contributed by atoms with Crippen molar-refractivity contribution in [3.8, 4) is 0 Å². The maximum atomic E-state index is 9.84. The van der Waals surface area contributed by atoms with Gasteiger partial charge in [0.25, 0.3) is 0 Å². The molecule has 3 nitrogen and oxygen atoms in total. The Morgan fingerprint density at radius 2 is 2.00 bits per heavy atom. The lowest BCUT2D eigenvalue weighted by Gasteiger charge is -2.45. The van der Waals surface area contributed by atoms with E-state index < -0.39 is 0 Å². The highest BCUT2D eigenvalue weighted by molar-refractivity contribution is 4.97. The maximum absolute atomic E-state index is 9.84. The van der Waals surface area contributed by atoms with Gasteiger partial charge in [-0.15, -0.1) is 0 Å². The van der Waals surface area contributed by atoms with E-state index in [1.807, 2.05) is 0 Å². The first-order chi connectivity index (χ1) is 8.67. The SMILES string of the molecule is CC(C)NC1(CO)CCCC(N(C)CC(C)(C)C)C1. The van der Waals surface area contributed by atoms with Gasteiger partial charge >= 0.3 is 0 Å². The normalized spacial score (nSPS) is 29.2. The molecular formula is C16H34N2O. The van der Waals surface area contributed by atoms with Crippen LogP contribution in [0.4, 0.5) is 0 Å². The topological polar surface area (TPSA) is 35.5 Å². The van der Waals surface area contributed by atoms with E-state index in [1.165, 1.54) is 12.8 Å². The summed E-state index contributed by atoms with van der Waals surface area (Å²) in [5, 5.41) is 13.5. The number of hydrogen-bond acceptors (Lipinski definition) is 3. The molecular weight excluding hydrogens is 236 g/mol. The number of aliphatic hydroxyl groups is 1. The summed E-state index contributed by atoms with van der Waals surface area (Å²) in [4.78, 5) is 2.49. The molecule has 0 aromatic heterocycles. The summed E-state index contributed by atoms with van der Waals surface area (Å²) in [5.41, 5.74) is 0.267. The van der Waals surface area contributed by atoms with Crippen molar-refractivity contribution in [2.75, 3.05) is 20.2 Å². The van der Waals surface area contributed by atoms with E-state index in [1.54, 1.807) is 0 Å². The minimum Gasteiger partial charge on any atom is -0.394 e. The molecule has 114 valence electrons. The molecule has 0 bridgehead atoms. The predicted octanol–water partition coefficient (Wildman–Crippen LogP) is 2.64. The summed E-state index contributed by atoms with van der Waals surface area (Å²) in [7, 11) is 2.23. The first-order valence-electron chi connectivity index (χ1n) is 7.76. The average molecular weight is 270 g/mol. The third kappa shape index (κ3) is 5.41. The third-order valence-corrected chi connectivity index (χ3v) is 4.06. The molecule has 0 heterocycles. The van der Waals surface area contributed by atoms with E-state index in [-0.39, 0.29) is 12.1 Å². The summed E-state index contributed by atoms with van der Waals surface area (Å²) < 4.78 is 0. The largest absolute Gasteiger partial charge is 0.394 e. The standard InChI is InChI=1S/C16H34N2O/c1-13(2)17-16(12-19)9-7-8-14(10-16)18(6)11-15(3,4)5/h13-14,17,19H,7-12H2,1-6H3. The van der Waals surface area contributed by atoms with E-state index in [9.17, 15) is 5.11 Å². The zero-order valence-corrected chi connectivity index (χ0v) is 13.8. The van der Waals surface area contributed by atoms with Crippen LogP contribution >= 0.6 is 0 Å². The van der Waals surface area contributed by atoms with Gasteiger partial charge in [0, 0.05) is 24.2 Å². The quantitative estimate of drug-likeness (QED) is 0.806. The van der Waals surface area contributed by atoms with Crippen LogP contribution in [0.3, 0.4) is 0 Å². The van der Waals surface area contributed by atoms with Crippen molar-refractivity contribution in [2.24, 2.45) is 5.41 Å². The van der Waals surface area contributed by atoms with Crippen LogP contribution in [0, 0.1) is 5.41 Å². The fraction of sp³-hybridized carbons (Fsp3) is 1.00. The van der Waals surface area contributed by atoms with Gasteiger partial charge in [0.05, 0.1) is 6.61 Å². The van der Waals surface area contributed by atoms with Gasteiger partial charge in [-0.25, -0.2) is 0 Å². The summed E-state index contributed by atoms with van der Waals surface area (Å²) in [5.74, 6) is 0. The van der Waals surface area contributed by atoms with Gasteiger partial charge < -0.3 is 15.3 Å². The van der Waals surface area contributed by atoms with Crippen molar-refractivity contribution in [2.45, 2.75) is 77.9 Å². The van der Waals surface area contributed by atoms with Crippen LogP contribution < -0.4 is 5.32 Å². The first-order valence-corrected chi connectivity index (χ1v) is 7.76. The van der Waals surface area contributed by atoms with Crippen LogP contribution in [0.25, 0.3) is 0 Å². The molecule has 1 fully saturated rings. The molecule has 0 amide bonds. The van der Waals surface area contributed by atoms with Gasteiger partial charge in [-0.3, -0.25) is 0 Å². The zero-order valence-electron chi connectivity index (χ0n) is 13.8. The highest BCUT2D eigenvalue weighted by Gasteiger charge is 2.37. The molecule has 1 rings (SSSR count). The lowest BCUT2D eigenvalue weighted by Crippen LogP contribution is -2.57. The van der Waals surface area contributed by atoms with Crippen molar-refractivity contribution in [3.63, 3.8) is 0 Å². The second-order valence-electron chi connectivity index (χ2n) is 7.96. The molecule has 0 aromatic rings. The van der Waals surface area contributed by atoms with Crippen LogP contribution in [0.5, 0.6) is 0 Å². The molecule has 0 aliphatic heterocycles. The molecule has 2 unspecified atom stereocenters. The molecule has 0 spiro atoms. The van der Waals surface area contributed by atoms with Crippen LogP contribution in [-0.2, 0) is 0 Å². The van der Waals surface area contributed by atoms with Crippen molar-refractivity contribution < 1.29 is 5.11 Å². The second kappa shape index (κ2) is 6.55. The van der Waals surface area contributed by atoms with Gasteiger partial charge in [0.2, 0.25) is 0 Å². The Bertz CT molecular complexity index is 272. The number of hydrogen-bond donors (Lipinski definition) is 2. The minimum atomic E-state index is -0.0662. The smallest absolute Gasteiger partial charge is 0.0613 e. The van der Waals surface area contributed by atoms with Gasteiger partial charge in [-0.1, -0.05) is 34.6 Å². The molecule has 1 saturated carbocycles. The Kier molecular flexibility index (Phi) is 5.84. The van der Waals surface area contributed by atoms with Gasteiger partial charge in [0.1, 0.15) is 0 Å². The van der Waals surface area contributed by atoms with E-state index in [2.05, 4.69) is 51.9 Å². The number of rotatable bonds is 5. The molecule has 1 aliphatic rings. The van der Waals surface area contributed by atoms with Gasteiger partial charge in [0.15, 0.2) is 0 Å². The number of nitrogens with one attached hydrogen (secondary N) is 1. The minimum absolute atomic E-state index is 0.0662. The molecule has 3 heteroatoms. The van der Waals surface area contributed by atoms with Gasteiger partial charge in [-0.2, -0.15) is 0 Å². The number of nitrogens with zero attached hydrogens (tertiary/aromatic N) is 1. The van der Waals surface area contributed by atoms with Gasteiger partial charge in [-0.05, 0) is 38.1 Å². The molecule has 1 aliphatic carbocycles. The Morgan fingerprint density at radius 3 is 2.47 bits per heavy atom. The monoisotopic (exact) mass is 270 g/mol. The van der Waals surface area contributed by atoms with E-state index >= 15 is 0 Å². The molecule has 2 atom stereocenters. The van der Waals surface area contributed by atoms with E-state index in [0.717, 1.165) is 19.4 Å². The van der Waals surface area contributed by atoms with Crippen LogP contribution in [-0.4, -0.2) is 47.8 Å².